The van der Waals surface area contributed by atoms with Crippen LogP contribution in [0.15, 0.2) is 82.8 Å². The van der Waals surface area contributed by atoms with Crippen molar-refractivity contribution in [1.29, 1.82) is 0 Å². The van der Waals surface area contributed by atoms with Crippen LogP contribution in [0.25, 0.3) is 38.6 Å². The largest absolute Gasteiger partial charge is 0.333 e. The van der Waals surface area contributed by atoms with Gasteiger partial charge < -0.3 is 4.98 Å². The summed E-state index contributed by atoms with van der Waals surface area (Å²) >= 11 is 0. The molecule has 6 nitrogen and oxygen atoms in total. The van der Waals surface area contributed by atoms with Crippen molar-refractivity contribution in [3.05, 3.63) is 99.6 Å². The summed E-state index contributed by atoms with van der Waals surface area (Å²) in [6.07, 6.45) is 4.88. The molecule has 0 radical (unpaired) electrons. The molecule has 3 heterocycles. The topological polar surface area (TPSA) is 80.6 Å². The highest BCUT2D eigenvalue weighted by molar-refractivity contribution is 5.89. The maximum absolute atomic E-state index is 13.2. The Morgan fingerprint density at radius 2 is 1.72 bits per heavy atom. The van der Waals surface area contributed by atoms with E-state index in [1.165, 1.54) is 6.20 Å². The molecule has 0 spiro atoms. The molecule has 5 rings (SSSR count). The highest BCUT2D eigenvalue weighted by Gasteiger charge is 2.14. The van der Waals surface area contributed by atoms with E-state index >= 15 is 0 Å². The molecule has 0 atom stereocenters. The Morgan fingerprint density at radius 3 is 2.59 bits per heavy atom. The van der Waals surface area contributed by atoms with Crippen LogP contribution in [0.5, 0.6) is 0 Å². The van der Waals surface area contributed by atoms with Crippen LogP contribution in [0.1, 0.15) is 5.56 Å². The molecule has 0 amide bonds. The quantitative estimate of drug-likeness (QED) is 0.507. The molecule has 29 heavy (non-hydrogen) atoms. The molecule has 0 saturated heterocycles. The molecule has 0 fully saturated rings. The van der Waals surface area contributed by atoms with Gasteiger partial charge in [-0.3, -0.25) is 9.78 Å². The molecule has 140 valence electrons. The minimum atomic E-state index is -0.524. The second-order valence-electron chi connectivity index (χ2n) is 6.89. The van der Waals surface area contributed by atoms with Crippen LogP contribution in [0, 0.1) is 6.92 Å². The zero-order chi connectivity index (χ0) is 20.0. The van der Waals surface area contributed by atoms with Gasteiger partial charge in [0, 0.05) is 28.7 Å². The van der Waals surface area contributed by atoms with Crippen LogP contribution in [-0.2, 0) is 0 Å². The molecule has 0 aliphatic carbocycles. The number of benzene rings is 2. The Morgan fingerprint density at radius 1 is 0.931 bits per heavy atom. The summed E-state index contributed by atoms with van der Waals surface area (Å²) in [4.78, 5) is 37.4. The van der Waals surface area contributed by atoms with E-state index in [2.05, 4.69) is 15.0 Å². The van der Waals surface area contributed by atoms with Gasteiger partial charge in [-0.15, -0.1) is 0 Å². The van der Waals surface area contributed by atoms with Crippen molar-refractivity contribution >= 4 is 21.8 Å². The van der Waals surface area contributed by atoms with Crippen molar-refractivity contribution in [2.45, 2.75) is 6.92 Å². The fraction of sp³-hybridized carbons (Fsp3) is 0.0435. The number of hydrogen-bond acceptors (Lipinski definition) is 4. The molecular weight excluding hydrogens is 364 g/mol. The number of nitrogens with zero attached hydrogens (tertiary/aromatic N) is 3. The van der Waals surface area contributed by atoms with Crippen LogP contribution >= 0.6 is 0 Å². The highest BCUT2D eigenvalue weighted by Crippen LogP contribution is 2.24. The number of fused-ring (bicyclic) bond motifs is 2. The SMILES string of the molecule is Cc1ccccc1-c1cnc2c(=O)n(-c3cncc4ccccc34)c(=O)[nH]c2c1. The summed E-state index contributed by atoms with van der Waals surface area (Å²) in [6.45, 7) is 2.01. The van der Waals surface area contributed by atoms with Gasteiger partial charge in [-0.2, -0.15) is 0 Å². The third-order valence-electron chi connectivity index (χ3n) is 5.08. The molecule has 0 aliphatic heterocycles. The summed E-state index contributed by atoms with van der Waals surface area (Å²) in [5.41, 5.74) is 2.98. The van der Waals surface area contributed by atoms with E-state index in [1.54, 1.807) is 18.5 Å². The Balaban J connectivity index is 1.78. The van der Waals surface area contributed by atoms with Crippen molar-refractivity contribution in [2.75, 3.05) is 0 Å². The molecule has 5 aromatic rings. The van der Waals surface area contributed by atoms with Gasteiger partial charge in [0.2, 0.25) is 0 Å². The maximum atomic E-state index is 13.2. The summed E-state index contributed by atoms with van der Waals surface area (Å²) in [7, 11) is 0. The van der Waals surface area contributed by atoms with Gasteiger partial charge >= 0.3 is 5.69 Å². The number of aromatic amines is 1. The van der Waals surface area contributed by atoms with Crippen molar-refractivity contribution in [3.63, 3.8) is 0 Å². The van der Waals surface area contributed by atoms with E-state index in [1.807, 2.05) is 55.5 Å². The lowest BCUT2D eigenvalue weighted by Crippen LogP contribution is -2.34. The minimum absolute atomic E-state index is 0.204. The van der Waals surface area contributed by atoms with E-state index in [0.717, 1.165) is 32.0 Å². The summed E-state index contributed by atoms with van der Waals surface area (Å²) in [5.74, 6) is 0. The maximum Gasteiger partial charge on any atom is 0.333 e. The number of aromatic nitrogens is 4. The number of nitrogens with one attached hydrogen (secondary N) is 1. The number of hydrogen-bond donors (Lipinski definition) is 1. The van der Waals surface area contributed by atoms with Crippen LogP contribution in [0.3, 0.4) is 0 Å². The standard InChI is InChI=1S/C23H16N4O2/c1-14-6-2-4-8-17(14)16-10-19-21(25-12-16)22(28)27(23(29)26-19)20-13-24-11-15-7-3-5-9-18(15)20/h2-13H,1H3,(H,26,29). The third-order valence-corrected chi connectivity index (χ3v) is 5.08. The smallest absolute Gasteiger partial charge is 0.305 e. The summed E-state index contributed by atoms with van der Waals surface area (Å²) in [6, 6.07) is 17.2. The number of H-pyrrole nitrogens is 1. The van der Waals surface area contributed by atoms with Gasteiger partial charge in [-0.05, 0) is 24.1 Å². The zero-order valence-electron chi connectivity index (χ0n) is 15.6. The first-order valence-corrected chi connectivity index (χ1v) is 9.18. The average molecular weight is 380 g/mol. The van der Waals surface area contributed by atoms with E-state index < -0.39 is 11.2 Å². The Labute approximate surface area is 165 Å². The van der Waals surface area contributed by atoms with Crippen molar-refractivity contribution in [2.24, 2.45) is 0 Å². The molecule has 3 aromatic heterocycles. The van der Waals surface area contributed by atoms with Crippen LogP contribution < -0.4 is 11.2 Å². The fourth-order valence-corrected chi connectivity index (χ4v) is 3.64. The fourth-order valence-electron chi connectivity index (χ4n) is 3.64. The molecule has 6 heteroatoms. The molecular formula is C23H16N4O2. The first kappa shape index (κ1) is 17.1. The lowest BCUT2D eigenvalue weighted by molar-refractivity contribution is 0.897. The van der Waals surface area contributed by atoms with Gasteiger partial charge in [0.15, 0.2) is 5.52 Å². The zero-order valence-corrected chi connectivity index (χ0v) is 15.6. The van der Waals surface area contributed by atoms with E-state index in [4.69, 9.17) is 0 Å². The van der Waals surface area contributed by atoms with Gasteiger partial charge in [-0.25, -0.2) is 14.3 Å². The van der Waals surface area contributed by atoms with Gasteiger partial charge in [0.1, 0.15) is 0 Å². The Hall–Kier alpha value is -4.06. The molecule has 0 aliphatic rings. The van der Waals surface area contributed by atoms with Crippen molar-refractivity contribution in [1.82, 2.24) is 19.5 Å². The van der Waals surface area contributed by atoms with Gasteiger partial charge in [0.25, 0.3) is 5.56 Å². The number of aryl methyl sites for hydroxylation is 1. The second-order valence-corrected chi connectivity index (χ2v) is 6.89. The number of pyridine rings is 2. The van der Waals surface area contributed by atoms with E-state index in [9.17, 15) is 9.59 Å². The molecule has 2 aromatic carbocycles. The van der Waals surface area contributed by atoms with Crippen LogP contribution in [-0.4, -0.2) is 19.5 Å². The second kappa shape index (κ2) is 6.53. The first-order chi connectivity index (χ1) is 14.1. The van der Waals surface area contributed by atoms with Crippen LogP contribution in [0.2, 0.25) is 0 Å². The Bertz CT molecular complexity index is 1510. The van der Waals surface area contributed by atoms with Crippen molar-refractivity contribution in [3.8, 4) is 16.8 Å². The first-order valence-electron chi connectivity index (χ1n) is 9.18. The normalized spacial score (nSPS) is 11.2. The predicted molar refractivity (Wildman–Crippen MR) is 113 cm³/mol. The molecule has 0 bridgehead atoms. The predicted octanol–water partition coefficient (Wildman–Crippen LogP) is 3.60. The highest BCUT2D eigenvalue weighted by atomic mass is 16.2. The van der Waals surface area contributed by atoms with Crippen molar-refractivity contribution < 1.29 is 0 Å². The van der Waals surface area contributed by atoms with Gasteiger partial charge in [-0.1, -0.05) is 48.5 Å². The number of rotatable bonds is 2. The Kier molecular flexibility index (Phi) is 3.84. The average Bonchev–Trinajstić information content (AvgIpc) is 2.74. The lowest BCUT2D eigenvalue weighted by atomic mass is 10.0. The summed E-state index contributed by atoms with van der Waals surface area (Å²) < 4.78 is 1.10. The monoisotopic (exact) mass is 380 g/mol. The molecule has 0 saturated carbocycles. The molecule has 1 N–H and O–H groups in total. The third kappa shape index (κ3) is 2.73. The molecule has 0 unspecified atom stereocenters. The van der Waals surface area contributed by atoms with E-state index in [0.29, 0.717) is 11.2 Å². The van der Waals surface area contributed by atoms with Crippen LogP contribution in [0.4, 0.5) is 0 Å². The summed E-state index contributed by atoms with van der Waals surface area (Å²) in [5, 5.41) is 1.62. The minimum Gasteiger partial charge on any atom is -0.305 e. The van der Waals surface area contributed by atoms with E-state index in [-0.39, 0.29) is 5.52 Å². The lowest BCUT2D eigenvalue weighted by Gasteiger charge is -2.10. The van der Waals surface area contributed by atoms with Gasteiger partial charge in [0.05, 0.1) is 17.4 Å².